The van der Waals surface area contributed by atoms with Gasteiger partial charge in [0.1, 0.15) is 5.75 Å². The SMILES string of the molecule is COc1cccc(N)c1-c1nnnn1CCCC1CC1. The van der Waals surface area contributed by atoms with Gasteiger partial charge in [0.05, 0.1) is 12.7 Å². The summed E-state index contributed by atoms with van der Waals surface area (Å²) >= 11 is 0. The van der Waals surface area contributed by atoms with E-state index in [9.17, 15) is 0 Å². The van der Waals surface area contributed by atoms with Crippen LogP contribution in [-0.2, 0) is 6.54 Å². The van der Waals surface area contributed by atoms with Gasteiger partial charge in [0.15, 0.2) is 5.82 Å². The molecule has 20 heavy (non-hydrogen) atoms. The first-order valence-electron chi connectivity index (χ1n) is 6.98. The molecule has 0 spiro atoms. The van der Waals surface area contributed by atoms with E-state index in [1.54, 1.807) is 7.11 Å². The molecule has 6 nitrogen and oxygen atoms in total. The zero-order valence-corrected chi connectivity index (χ0v) is 11.6. The zero-order chi connectivity index (χ0) is 13.9. The maximum atomic E-state index is 6.06. The average molecular weight is 273 g/mol. The highest BCUT2D eigenvalue weighted by Gasteiger charge is 2.21. The third-order valence-corrected chi connectivity index (χ3v) is 3.71. The van der Waals surface area contributed by atoms with Crippen molar-refractivity contribution in [3.63, 3.8) is 0 Å². The number of aryl methyl sites for hydroxylation is 1. The number of benzene rings is 1. The van der Waals surface area contributed by atoms with Crippen LogP contribution in [0, 0.1) is 5.92 Å². The van der Waals surface area contributed by atoms with E-state index in [0.717, 1.165) is 24.4 Å². The van der Waals surface area contributed by atoms with Crippen LogP contribution in [0.1, 0.15) is 25.7 Å². The lowest BCUT2D eigenvalue weighted by molar-refractivity contribution is 0.415. The predicted octanol–water partition coefficient (Wildman–Crippen LogP) is 2.12. The minimum atomic E-state index is 0.627. The Morgan fingerprint density at radius 3 is 3.00 bits per heavy atom. The summed E-state index contributed by atoms with van der Waals surface area (Å²) in [5, 5.41) is 12.0. The van der Waals surface area contributed by atoms with Crippen molar-refractivity contribution < 1.29 is 4.74 Å². The third-order valence-electron chi connectivity index (χ3n) is 3.71. The van der Waals surface area contributed by atoms with Crippen LogP contribution in [0.2, 0.25) is 0 Å². The van der Waals surface area contributed by atoms with Crippen LogP contribution < -0.4 is 10.5 Å². The van der Waals surface area contributed by atoms with Crippen molar-refractivity contribution in [2.75, 3.05) is 12.8 Å². The summed E-state index contributed by atoms with van der Waals surface area (Å²) in [5.41, 5.74) is 7.45. The van der Waals surface area contributed by atoms with E-state index in [0.29, 0.717) is 17.3 Å². The fraction of sp³-hybridized carbons (Fsp3) is 0.500. The van der Waals surface area contributed by atoms with E-state index < -0.39 is 0 Å². The van der Waals surface area contributed by atoms with Crippen molar-refractivity contribution >= 4 is 5.69 Å². The number of tetrazole rings is 1. The number of ether oxygens (including phenoxy) is 1. The maximum Gasteiger partial charge on any atom is 0.187 e. The summed E-state index contributed by atoms with van der Waals surface area (Å²) in [6, 6.07) is 5.56. The molecule has 1 heterocycles. The fourth-order valence-corrected chi connectivity index (χ4v) is 2.43. The lowest BCUT2D eigenvalue weighted by Gasteiger charge is -2.11. The van der Waals surface area contributed by atoms with Crippen molar-refractivity contribution in [2.24, 2.45) is 5.92 Å². The van der Waals surface area contributed by atoms with E-state index in [2.05, 4.69) is 15.5 Å². The number of nitrogens with two attached hydrogens (primary N) is 1. The molecule has 1 aliphatic rings. The summed E-state index contributed by atoms with van der Waals surface area (Å²) in [6.07, 6.45) is 5.10. The number of nitrogens with zero attached hydrogens (tertiary/aromatic N) is 4. The fourth-order valence-electron chi connectivity index (χ4n) is 2.43. The number of methoxy groups -OCH3 is 1. The van der Waals surface area contributed by atoms with Gasteiger partial charge in [-0.15, -0.1) is 5.10 Å². The summed E-state index contributed by atoms with van der Waals surface area (Å²) in [7, 11) is 1.62. The molecule has 1 saturated carbocycles. The van der Waals surface area contributed by atoms with Crippen LogP contribution >= 0.6 is 0 Å². The minimum absolute atomic E-state index is 0.627. The van der Waals surface area contributed by atoms with Gasteiger partial charge in [-0.25, -0.2) is 4.68 Å². The molecule has 0 radical (unpaired) electrons. The maximum absolute atomic E-state index is 6.06. The second kappa shape index (κ2) is 5.48. The highest BCUT2D eigenvalue weighted by Crippen LogP contribution is 2.35. The quantitative estimate of drug-likeness (QED) is 0.815. The van der Waals surface area contributed by atoms with E-state index in [4.69, 9.17) is 10.5 Å². The number of aromatic nitrogens is 4. The number of rotatable bonds is 6. The van der Waals surface area contributed by atoms with Gasteiger partial charge in [-0.05, 0) is 41.3 Å². The second-order valence-corrected chi connectivity index (χ2v) is 5.24. The average Bonchev–Trinajstić information content (AvgIpc) is 3.16. The van der Waals surface area contributed by atoms with Crippen molar-refractivity contribution in [1.82, 2.24) is 20.2 Å². The summed E-state index contributed by atoms with van der Waals surface area (Å²) < 4.78 is 7.18. The van der Waals surface area contributed by atoms with Gasteiger partial charge in [-0.2, -0.15) is 0 Å². The van der Waals surface area contributed by atoms with Crippen molar-refractivity contribution in [1.29, 1.82) is 0 Å². The topological polar surface area (TPSA) is 78.8 Å². The number of nitrogen functional groups attached to an aromatic ring is 1. The van der Waals surface area contributed by atoms with Gasteiger partial charge >= 0.3 is 0 Å². The molecule has 1 aromatic heterocycles. The molecule has 2 N–H and O–H groups in total. The molecule has 0 saturated heterocycles. The van der Waals surface area contributed by atoms with Crippen molar-refractivity contribution in [3.05, 3.63) is 18.2 Å². The van der Waals surface area contributed by atoms with E-state index in [-0.39, 0.29) is 0 Å². The number of anilines is 1. The first-order chi connectivity index (χ1) is 9.79. The molecule has 0 amide bonds. The normalized spacial score (nSPS) is 14.4. The van der Waals surface area contributed by atoms with Crippen molar-refractivity contribution in [3.8, 4) is 17.1 Å². The van der Waals surface area contributed by atoms with Crippen LogP contribution in [0.4, 0.5) is 5.69 Å². The zero-order valence-electron chi connectivity index (χ0n) is 11.6. The van der Waals surface area contributed by atoms with Gasteiger partial charge in [0.2, 0.25) is 0 Å². The molecule has 1 fully saturated rings. The summed E-state index contributed by atoms with van der Waals surface area (Å²) in [6.45, 7) is 0.816. The molecule has 0 atom stereocenters. The van der Waals surface area contributed by atoms with Gasteiger partial charge in [-0.3, -0.25) is 0 Å². The lowest BCUT2D eigenvalue weighted by atomic mass is 10.1. The highest BCUT2D eigenvalue weighted by molar-refractivity contribution is 5.77. The van der Waals surface area contributed by atoms with E-state index in [1.165, 1.54) is 19.3 Å². The Hall–Kier alpha value is -2.11. The van der Waals surface area contributed by atoms with Crippen molar-refractivity contribution in [2.45, 2.75) is 32.2 Å². The second-order valence-electron chi connectivity index (χ2n) is 5.24. The highest BCUT2D eigenvalue weighted by atomic mass is 16.5. The van der Waals surface area contributed by atoms with Gasteiger partial charge in [-0.1, -0.05) is 18.9 Å². The van der Waals surface area contributed by atoms with Gasteiger partial charge in [0, 0.05) is 12.2 Å². The van der Waals surface area contributed by atoms with E-state index in [1.807, 2.05) is 22.9 Å². The molecule has 3 rings (SSSR count). The molecule has 6 heteroatoms. The first kappa shape index (κ1) is 12.9. The minimum Gasteiger partial charge on any atom is -0.496 e. The summed E-state index contributed by atoms with van der Waals surface area (Å²) in [5.74, 6) is 2.30. The van der Waals surface area contributed by atoms with Gasteiger partial charge in [0.25, 0.3) is 0 Å². The Morgan fingerprint density at radius 1 is 1.40 bits per heavy atom. The number of hydrogen-bond acceptors (Lipinski definition) is 5. The number of hydrogen-bond donors (Lipinski definition) is 1. The Kier molecular flexibility index (Phi) is 3.54. The monoisotopic (exact) mass is 273 g/mol. The largest absolute Gasteiger partial charge is 0.496 e. The Bertz CT molecular complexity index is 591. The third kappa shape index (κ3) is 2.59. The first-order valence-corrected chi connectivity index (χ1v) is 6.98. The molecule has 106 valence electrons. The molecule has 0 aliphatic heterocycles. The molecule has 1 aromatic carbocycles. The van der Waals surface area contributed by atoms with Crippen LogP contribution in [-0.4, -0.2) is 27.3 Å². The molecular weight excluding hydrogens is 254 g/mol. The predicted molar refractivity (Wildman–Crippen MR) is 76.2 cm³/mol. The Balaban J connectivity index is 1.84. The van der Waals surface area contributed by atoms with Crippen LogP contribution in [0.25, 0.3) is 11.4 Å². The van der Waals surface area contributed by atoms with Crippen LogP contribution in [0.15, 0.2) is 18.2 Å². The molecule has 1 aliphatic carbocycles. The molecule has 2 aromatic rings. The van der Waals surface area contributed by atoms with Gasteiger partial charge < -0.3 is 10.5 Å². The van der Waals surface area contributed by atoms with Crippen LogP contribution in [0.5, 0.6) is 5.75 Å². The Morgan fingerprint density at radius 2 is 2.25 bits per heavy atom. The molecule has 0 unspecified atom stereocenters. The summed E-state index contributed by atoms with van der Waals surface area (Å²) in [4.78, 5) is 0. The smallest absolute Gasteiger partial charge is 0.187 e. The standard InChI is InChI=1S/C14H19N5O/c1-20-12-6-2-5-11(15)13(12)14-16-17-18-19(14)9-3-4-10-7-8-10/h2,5-6,10H,3-4,7-9,15H2,1H3. The Labute approximate surface area is 117 Å². The molecular formula is C14H19N5O. The van der Waals surface area contributed by atoms with Crippen LogP contribution in [0.3, 0.4) is 0 Å². The molecule has 0 bridgehead atoms. The van der Waals surface area contributed by atoms with E-state index >= 15 is 0 Å². The lowest BCUT2D eigenvalue weighted by Crippen LogP contribution is -2.05.